The first-order valence-corrected chi connectivity index (χ1v) is 5.63. The zero-order valence-electron chi connectivity index (χ0n) is 8.78. The summed E-state index contributed by atoms with van der Waals surface area (Å²) in [5.41, 5.74) is 0. The highest BCUT2D eigenvalue weighted by Gasteiger charge is 2.40. The van der Waals surface area contributed by atoms with Crippen molar-refractivity contribution in [2.45, 2.75) is 38.1 Å². The third kappa shape index (κ3) is 1.65. The van der Waals surface area contributed by atoms with E-state index in [0.29, 0.717) is 12.0 Å². The van der Waals surface area contributed by atoms with Crippen molar-refractivity contribution in [3.63, 3.8) is 0 Å². The molecule has 80 valence electrons. The Labute approximate surface area is 85.1 Å². The fourth-order valence-electron chi connectivity index (χ4n) is 3.23. The van der Waals surface area contributed by atoms with E-state index in [1.54, 1.807) is 0 Å². The molecule has 2 aliphatic rings. The molecular weight excluding hydrogens is 178 g/mol. The zero-order chi connectivity index (χ0) is 10.1. The highest BCUT2D eigenvalue weighted by atomic mass is 16.4. The minimum atomic E-state index is -0.572. The molecule has 1 N–H and O–H groups in total. The van der Waals surface area contributed by atoms with Crippen LogP contribution in [0.4, 0.5) is 0 Å². The third-order valence-electron chi connectivity index (χ3n) is 3.96. The van der Waals surface area contributed by atoms with Gasteiger partial charge in [0.05, 0.1) is 5.92 Å². The van der Waals surface area contributed by atoms with Crippen LogP contribution in [0.1, 0.15) is 32.1 Å². The standard InChI is InChI=1S/C11H19NO2/c1-12-7-3-5-9(11(13)14)8-4-2-6-10(8)12/h8-10H,2-7H2,1H3,(H,13,14). The Kier molecular flexibility index (Phi) is 2.77. The van der Waals surface area contributed by atoms with Gasteiger partial charge in [0.2, 0.25) is 0 Å². The van der Waals surface area contributed by atoms with Crippen LogP contribution >= 0.6 is 0 Å². The van der Waals surface area contributed by atoms with Crippen molar-refractivity contribution < 1.29 is 9.90 Å². The van der Waals surface area contributed by atoms with E-state index in [9.17, 15) is 9.90 Å². The molecule has 1 saturated heterocycles. The van der Waals surface area contributed by atoms with Gasteiger partial charge in [-0.3, -0.25) is 4.79 Å². The van der Waals surface area contributed by atoms with Gasteiger partial charge in [-0.05, 0) is 45.2 Å². The van der Waals surface area contributed by atoms with Crippen molar-refractivity contribution in [1.82, 2.24) is 4.90 Å². The molecule has 0 bridgehead atoms. The number of nitrogens with zero attached hydrogens (tertiary/aromatic N) is 1. The van der Waals surface area contributed by atoms with Crippen LogP contribution in [0, 0.1) is 11.8 Å². The van der Waals surface area contributed by atoms with Crippen LogP contribution in [0.15, 0.2) is 0 Å². The van der Waals surface area contributed by atoms with Crippen LogP contribution in [0.25, 0.3) is 0 Å². The largest absolute Gasteiger partial charge is 0.481 e. The summed E-state index contributed by atoms with van der Waals surface area (Å²) < 4.78 is 0. The molecule has 14 heavy (non-hydrogen) atoms. The molecule has 0 aromatic carbocycles. The average Bonchev–Trinajstić information content (AvgIpc) is 2.54. The van der Waals surface area contributed by atoms with E-state index in [1.165, 1.54) is 12.8 Å². The maximum atomic E-state index is 11.1. The van der Waals surface area contributed by atoms with Gasteiger partial charge in [0.25, 0.3) is 0 Å². The van der Waals surface area contributed by atoms with Crippen molar-refractivity contribution >= 4 is 5.97 Å². The van der Waals surface area contributed by atoms with Crippen molar-refractivity contribution in [1.29, 1.82) is 0 Å². The second-order valence-electron chi connectivity index (χ2n) is 4.73. The van der Waals surface area contributed by atoms with E-state index in [0.717, 1.165) is 25.8 Å². The van der Waals surface area contributed by atoms with E-state index in [-0.39, 0.29) is 5.92 Å². The van der Waals surface area contributed by atoms with Crippen LogP contribution in [-0.2, 0) is 4.79 Å². The number of carboxylic acids is 1. The summed E-state index contributed by atoms with van der Waals surface area (Å²) in [6.07, 6.45) is 5.45. The molecule has 0 spiro atoms. The maximum absolute atomic E-state index is 11.1. The fourth-order valence-corrected chi connectivity index (χ4v) is 3.23. The lowest BCUT2D eigenvalue weighted by atomic mass is 9.86. The molecular formula is C11H19NO2. The Morgan fingerprint density at radius 3 is 2.79 bits per heavy atom. The molecule has 3 unspecified atom stereocenters. The molecule has 3 heteroatoms. The van der Waals surface area contributed by atoms with Gasteiger partial charge < -0.3 is 10.0 Å². The minimum absolute atomic E-state index is 0.0764. The minimum Gasteiger partial charge on any atom is -0.481 e. The van der Waals surface area contributed by atoms with Gasteiger partial charge in [0, 0.05) is 6.04 Å². The number of rotatable bonds is 1. The van der Waals surface area contributed by atoms with Crippen LogP contribution in [-0.4, -0.2) is 35.6 Å². The number of hydrogen-bond acceptors (Lipinski definition) is 2. The summed E-state index contributed by atoms with van der Waals surface area (Å²) in [4.78, 5) is 13.5. The van der Waals surface area contributed by atoms with E-state index in [1.807, 2.05) is 0 Å². The number of carboxylic acid groups (broad SMARTS) is 1. The Bertz CT molecular complexity index is 229. The number of fused-ring (bicyclic) bond motifs is 1. The van der Waals surface area contributed by atoms with Crippen LogP contribution in [0.2, 0.25) is 0 Å². The average molecular weight is 197 g/mol. The predicted octanol–water partition coefficient (Wildman–Crippen LogP) is 1.58. The first-order chi connectivity index (χ1) is 6.70. The molecule has 0 aromatic rings. The van der Waals surface area contributed by atoms with E-state index >= 15 is 0 Å². The molecule has 2 rings (SSSR count). The van der Waals surface area contributed by atoms with Crippen molar-refractivity contribution in [3.05, 3.63) is 0 Å². The molecule has 3 atom stereocenters. The smallest absolute Gasteiger partial charge is 0.306 e. The highest BCUT2D eigenvalue weighted by Crippen LogP contribution is 2.39. The monoisotopic (exact) mass is 197 g/mol. The number of hydrogen-bond donors (Lipinski definition) is 1. The summed E-state index contributed by atoms with van der Waals surface area (Å²) in [6, 6.07) is 0.540. The van der Waals surface area contributed by atoms with Gasteiger partial charge >= 0.3 is 5.97 Å². The Morgan fingerprint density at radius 2 is 2.07 bits per heavy atom. The second kappa shape index (κ2) is 3.89. The fraction of sp³-hybridized carbons (Fsp3) is 0.909. The molecule has 0 aromatic heterocycles. The second-order valence-corrected chi connectivity index (χ2v) is 4.73. The van der Waals surface area contributed by atoms with Gasteiger partial charge in [-0.25, -0.2) is 0 Å². The Hall–Kier alpha value is -0.570. The summed E-state index contributed by atoms with van der Waals surface area (Å²) >= 11 is 0. The molecule has 1 heterocycles. The predicted molar refractivity (Wildman–Crippen MR) is 54.1 cm³/mol. The lowest BCUT2D eigenvalue weighted by Crippen LogP contribution is -2.37. The zero-order valence-corrected chi connectivity index (χ0v) is 8.78. The van der Waals surface area contributed by atoms with Gasteiger partial charge in [0.1, 0.15) is 0 Å². The van der Waals surface area contributed by atoms with Gasteiger partial charge in [0.15, 0.2) is 0 Å². The molecule has 0 radical (unpaired) electrons. The molecule has 1 aliphatic carbocycles. The normalized spacial score (nSPS) is 39.1. The van der Waals surface area contributed by atoms with Crippen LogP contribution in [0.5, 0.6) is 0 Å². The quantitative estimate of drug-likeness (QED) is 0.694. The summed E-state index contributed by atoms with van der Waals surface area (Å²) in [5.74, 6) is -0.232. The van der Waals surface area contributed by atoms with Crippen LogP contribution in [0.3, 0.4) is 0 Å². The van der Waals surface area contributed by atoms with Crippen molar-refractivity contribution in [2.24, 2.45) is 11.8 Å². The van der Waals surface area contributed by atoms with Gasteiger partial charge in [-0.2, -0.15) is 0 Å². The lowest BCUT2D eigenvalue weighted by Gasteiger charge is -2.28. The van der Waals surface area contributed by atoms with E-state index < -0.39 is 5.97 Å². The Morgan fingerprint density at radius 1 is 1.29 bits per heavy atom. The van der Waals surface area contributed by atoms with Gasteiger partial charge in [-0.15, -0.1) is 0 Å². The topological polar surface area (TPSA) is 40.5 Å². The number of aliphatic carboxylic acids is 1. The van der Waals surface area contributed by atoms with E-state index in [2.05, 4.69) is 11.9 Å². The summed E-state index contributed by atoms with van der Waals surface area (Å²) in [6.45, 7) is 1.07. The lowest BCUT2D eigenvalue weighted by molar-refractivity contribution is -0.144. The highest BCUT2D eigenvalue weighted by molar-refractivity contribution is 5.70. The van der Waals surface area contributed by atoms with E-state index in [4.69, 9.17) is 0 Å². The number of likely N-dealkylation sites (tertiary alicyclic amines) is 1. The molecule has 2 fully saturated rings. The molecule has 3 nitrogen and oxygen atoms in total. The van der Waals surface area contributed by atoms with Crippen molar-refractivity contribution in [2.75, 3.05) is 13.6 Å². The first kappa shape index (κ1) is 9.97. The van der Waals surface area contributed by atoms with Crippen LogP contribution < -0.4 is 0 Å². The molecule has 0 amide bonds. The van der Waals surface area contributed by atoms with Gasteiger partial charge in [-0.1, -0.05) is 6.42 Å². The summed E-state index contributed by atoms with van der Waals surface area (Å²) in [7, 11) is 2.15. The SMILES string of the molecule is CN1CCCC(C(=O)O)C2CCCC21. The number of carbonyl (C=O) groups is 1. The Balaban J connectivity index is 2.16. The molecule has 1 saturated carbocycles. The third-order valence-corrected chi connectivity index (χ3v) is 3.96. The first-order valence-electron chi connectivity index (χ1n) is 5.63. The van der Waals surface area contributed by atoms with Crippen molar-refractivity contribution in [3.8, 4) is 0 Å². The summed E-state index contributed by atoms with van der Waals surface area (Å²) in [5, 5.41) is 9.18. The maximum Gasteiger partial charge on any atom is 0.306 e. The molecule has 1 aliphatic heterocycles.